The van der Waals surface area contributed by atoms with Gasteiger partial charge in [0.1, 0.15) is 17.3 Å². The van der Waals surface area contributed by atoms with E-state index in [4.69, 9.17) is 32.4 Å². The van der Waals surface area contributed by atoms with Gasteiger partial charge >= 0.3 is 0 Å². The van der Waals surface area contributed by atoms with Gasteiger partial charge in [-0.15, -0.1) is 0 Å². The van der Waals surface area contributed by atoms with Crippen LogP contribution in [0.5, 0.6) is 5.75 Å². The molecular weight excluding hydrogens is 399 g/mol. The second kappa shape index (κ2) is 8.95. The van der Waals surface area contributed by atoms with Gasteiger partial charge in [0.2, 0.25) is 0 Å². The van der Waals surface area contributed by atoms with E-state index in [9.17, 15) is 4.79 Å². The van der Waals surface area contributed by atoms with Crippen LogP contribution in [-0.4, -0.2) is 18.7 Å². The Hall–Kier alpha value is -2.76. The molecule has 0 fully saturated rings. The van der Waals surface area contributed by atoms with Gasteiger partial charge in [0.05, 0.1) is 16.3 Å². The number of aryl methyl sites for hydroxylation is 2. The first kappa shape index (κ1) is 20.0. The normalized spacial score (nSPS) is 11.0. The van der Waals surface area contributed by atoms with Gasteiger partial charge in [0.25, 0.3) is 5.91 Å². The van der Waals surface area contributed by atoms with E-state index in [-0.39, 0.29) is 12.5 Å². The summed E-state index contributed by atoms with van der Waals surface area (Å²) in [6.07, 6.45) is 1.40. The Labute approximate surface area is 172 Å². The third-order valence-electron chi connectivity index (χ3n) is 3.98. The standard InChI is InChI=1S/C21H18Cl2N2O3/c1-13-5-3-6-14(2)21(13)27-12-19(26)25-24-11-15-9-10-18(28-15)16-7-4-8-17(22)20(16)23/h3-11H,12H2,1-2H3,(H,25,26)/b24-11-. The molecule has 2 aromatic carbocycles. The van der Waals surface area contributed by atoms with Gasteiger partial charge in [0.15, 0.2) is 6.61 Å². The smallest absolute Gasteiger partial charge is 0.277 e. The molecule has 0 aliphatic rings. The number of carbonyl (C=O) groups is 1. The van der Waals surface area contributed by atoms with Crippen LogP contribution < -0.4 is 10.2 Å². The number of furan rings is 1. The number of para-hydroxylation sites is 1. The molecule has 0 aliphatic heterocycles. The molecule has 5 nitrogen and oxygen atoms in total. The molecule has 3 rings (SSSR count). The zero-order chi connectivity index (χ0) is 20.1. The van der Waals surface area contributed by atoms with Crippen LogP contribution in [0.4, 0.5) is 0 Å². The Morgan fingerprint density at radius 3 is 2.57 bits per heavy atom. The highest BCUT2D eigenvalue weighted by Crippen LogP contribution is 2.34. The summed E-state index contributed by atoms with van der Waals surface area (Å²) < 4.78 is 11.3. The van der Waals surface area contributed by atoms with E-state index in [0.717, 1.165) is 11.1 Å². The highest BCUT2D eigenvalue weighted by molar-refractivity contribution is 6.43. The number of amides is 1. The average molecular weight is 417 g/mol. The number of benzene rings is 2. The van der Waals surface area contributed by atoms with Crippen molar-refractivity contribution in [1.29, 1.82) is 0 Å². The van der Waals surface area contributed by atoms with E-state index in [1.54, 1.807) is 30.3 Å². The second-order valence-corrected chi connectivity index (χ2v) is 6.89. The molecule has 0 spiro atoms. The third-order valence-corrected chi connectivity index (χ3v) is 4.80. The number of hydrogen-bond donors (Lipinski definition) is 1. The van der Waals surface area contributed by atoms with Gasteiger partial charge in [0, 0.05) is 5.56 Å². The highest BCUT2D eigenvalue weighted by Gasteiger charge is 2.10. The van der Waals surface area contributed by atoms with Crippen LogP contribution in [0.15, 0.2) is 58.0 Å². The first-order valence-electron chi connectivity index (χ1n) is 8.51. The van der Waals surface area contributed by atoms with Crippen molar-refractivity contribution >= 4 is 35.3 Å². The predicted molar refractivity (Wildman–Crippen MR) is 111 cm³/mol. The average Bonchev–Trinajstić information content (AvgIpc) is 3.12. The molecule has 0 unspecified atom stereocenters. The summed E-state index contributed by atoms with van der Waals surface area (Å²) >= 11 is 12.2. The topological polar surface area (TPSA) is 63.8 Å². The van der Waals surface area contributed by atoms with Crippen molar-refractivity contribution in [3.8, 4) is 17.1 Å². The maximum atomic E-state index is 11.9. The van der Waals surface area contributed by atoms with Crippen molar-refractivity contribution in [2.45, 2.75) is 13.8 Å². The minimum absolute atomic E-state index is 0.134. The lowest BCUT2D eigenvalue weighted by molar-refractivity contribution is -0.123. The molecule has 7 heteroatoms. The fourth-order valence-electron chi connectivity index (χ4n) is 2.63. The molecule has 3 aromatic rings. The lowest BCUT2D eigenvalue weighted by Gasteiger charge is -2.10. The van der Waals surface area contributed by atoms with Crippen molar-refractivity contribution in [3.05, 3.63) is 75.5 Å². The Kier molecular flexibility index (Phi) is 6.39. The molecular formula is C21H18Cl2N2O3. The van der Waals surface area contributed by atoms with Crippen molar-refractivity contribution in [1.82, 2.24) is 5.43 Å². The number of hydrazone groups is 1. The van der Waals surface area contributed by atoms with Crippen LogP contribution in [0.2, 0.25) is 10.0 Å². The minimum Gasteiger partial charge on any atom is -0.483 e. The fourth-order valence-corrected chi connectivity index (χ4v) is 3.02. The van der Waals surface area contributed by atoms with Crippen LogP contribution in [0, 0.1) is 13.8 Å². The SMILES string of the molecule is Cc1cccc(C)c1OCC(=O)N/N=C\c1ccc(-c2cccc(Cl)c2Cl)o1. The summed E-state index contributed by atoms with van der Waals surface area (Å²) in [5, 5.41) is 4.75. The highest BCUT2D eigenvalue weighted by atomic mass is 35.5. The lowest BCUT2D eigenvalue weighted by Crippen LogP contribution is -2.24. The van der Waals surface area contributed by atoms with E-state index < -0.39 is 0 Å². The third kappa shape index (κ3) is 4.74. The summed E-state index contributed by atoms with van der Waals surface area (Å²) in [7, 11) is 0. The Balaban J connectivity index is 1.57. The predicted octanol–water partition coefficient (Wildman–Crippen LogP) is 5.40. The summed E-state index contributed by atoms with van der Waals surface area (Å²) in [5.41, 5.74) is 5.03. The van der Waals surface area contributed by atoms with Crippen molar-refractivity contribution in [2.75, 3.05) is 6.61 Å². The van der Waals surface area contributed by atoms with Gasteiger partial charge in [-0.05, 0) is 49.2 Å². The molecule has 0 bridgehead atoms. The van der Waals surface area contributed by atoms with Gasteiger partial charge < -0.3 is 9.15 Å². The zero-order valence-corrected chi connectivity index (χ0v) is 16.8. The zero-order valence-electron chi connectivity index (χ0n) is 15.3. The number of carbonyl (C=O) groups excluding carboxylic acids is 1. The Bertz CT molecular complexity index is 1010. The van der Waals surface area contributed by atoms with Crippen LogP contribution in [0.3, 0.4) is 0 Å². The van der Waals surface area contributed by atoms with Gasteiger partial charge in [-0.3, -0.25) is 4.79 Å². The molecule has 1 aromatic heterocycles. The minimum atomic E-state index is -0.372. The molecule has 1 amide bonds. The number of nitrogens with one attached hydrogen (secondary N) is 1. The maximum Gasteiger partial charge on any atom is 0.277 e. The van der Waals surface area contributed by atoms with Crippen molar-refractivity contribution in [3.63, 3.8) is 0 Å². The molecule has 28 heavy (non-hydrogen) atoms. The molecule has 0 saturated heterocycles. The second-order valence-electron chi connectivity index (χ2n) is 6.11. The van der Waals surface area contributed by atoms with Crippen molar-refractivity contribution in [2.24, 2.45) is 5.10 Å². The first-order chi connectivity index (χ1) is 13.5. The molecule has 0 radical (unpaired) electrons. The Morgan fingerprint density at radius 2 is 1.82 bits per heavy atom. The van der Waals surface area contributed by atoms with Crippen LogP contribution >= 0.6 is 23.2 Å². The Morgan fingerprint density at radius 1 is 1.11 bits per heavy atom. The van der Waals surface area contributed by atoms with Gasteiger partial charge in [-0.1, -0.05) is 47.5 Å². The van der Waals surface area contributed by atoms with Gasteiger partial charge in [-0.25, -0.2) is 5.43 Å². The largest absolute Gasteiger partial charge is 0.483 e. The summed E-state index contributed by atoms with van der Waals surface area (Å²) in [5.74, 6) is 1.35. The van der Waals surface area contributed by atoms with E-state index in [1.807, 2.05) is 32.0 Å². The monoisotopic (exact) mass is 416 g/mol. The number of halogens is 2. The van der Waals surface area contributed by atoms with E-state index in [0.29, 0.717) is 32.9 Å². The van der Waals surface area contributed by atoms with E-state index in [1.165, 1.54) is 6.21 Å². The van der Waals surface area contributed by atoms with Crippen LogP contribution in [-0.2, 0) is 4.79 Å². The maximum absolute atomic E-state index is 11.9. The number of nitrogens with zero attached hydrogens (tertiary/aromatic N) is 1. The van der Waals surface area contributed by atoms with E-state index >= 15 is 0 Å². The number of rotatable bonds is 6. The number of hydrogen-bond acceptors (Lipinski definition) is 4. The lowest BCUT2D eigenvalue weighted by atomic mass is 10.1. The summed E-state index contributed by atoms with van der Waals surface area (Å²) in [4.78, 5) is 11.9. The summed E-state index contributed by atoms with van der Waals surface area (Å²) in [6.45, 7) is 3.72. The molecule has 0 saturated carbocycles. The summed E-state index contributed by atoms with van der Waals surface area (Å²) in [6, 6.07) is 14.6. The fraction of sp³-hybridized carbons (Fsp3) is 0.143. The molecule has 0 aliphatic carbocycles. The van der Waals surface area contributed by atoms with E-state index in [2.05, 4.69) is 10.5 Å². The first-order valence-corrected chi connectivity index (χ1v) is 9.26. The molecule has 0 atom stereocenters. The molecule has 144 valence electrons. The quantitative estimate of drug-likeness (QED) is 0.432. The van der Waals surface area contributed by atoms with Gasteiger partial charge in [-0.2, -0.15) is 5.10 Å². The van der Waals surface area contributed by atoms with Crippen LogP contribution in [0.1, 0.15) is 16.9 Å². The molecule has 1 heterocycles. The molecule has 1 N–H and O–H groups in total. The van der Waals surface area contributed by atoms with Crippen molar-refractivity contribution < 1.29 is 13.9 Å². The van der Waals surface area contributed by atoms with Crippen LogP contribution in [0.25, 0.3) is 11.3 Å². The number of ether oxygens (including phenoxy) is 1.